The van der Waals surface area contributed by atoms with Crippen molar-refractivity contribution in [3.8, 4) is 11.5 Å². The van der Waals surface area contributed by atoms with Crippen LogP contribution >= 0.6 is 0 Å². The Balaban J connectivity index is 1.26. The molecule has 7 aromatic carbocycles. The molecule has 0 unspecified atom stereocenters. The summed E-state index contributed by atoms with van der Waals surface area (Å²) in [6.45, 7) is 16.1. The maximum absolute atomic E-state index is 15.6. The highest BCUT2D eigenvalue weighted by Gasteiger charge is 2.42. The van der Waals surface area contributed by atoms with E-state index >= 15 is 19.2 Å². The quantitative estimate of drug-likeness (QED) is 0.0558. The van der Waals surface area contributed by atoms with Gasteiger partial charge in [-0.25, -0.2) is 9.80 Å². The van der Waals surface area contributed by atoms with Gasteiger partial charge in [-0.1, -0.05) is 104 Å². The van der Waals surface area contributed by atoms with Gasteiger partial charge >= 0.3 is 0 Å². The number of hydrogen-bond donors (Lipinski definition) is 0. The zero-order valence-corrected chi connectivity index (χ0v) is 43.5. The van der Waals surface area contributed by atoms with Crippen molar-refractivity contribution in [2.24, 2.45) is 0 Å². The van der Waals surface area contributed by atoms with Crippen LogP contribution in [-0.2, 0) is 20.6 Å². The first-order chi connectivity index (χ1) is 35.4. The standard InChI is InChI=1S/C60H50N2O10S2/c1-29(2)37-11-9-12-38(30(3)4)55(37)61-57(63)43-25-23-41-52-48(72-34-17-21-36(22-18-34)74(69)70)28-46-50-44(58(64)62(60(46)66)56-39(31(5)6)13-10-14-40(56)32(7)8)26-24-42(54(50)52)51-47(27-45(59(61)65)49(43)53(41)51)71-33-15-19-35(20-16-33)73(67)68/h9-19,21,23-32H,20,22H2,1-8H3. The highest BCUT2D eigenvalue weighted by Crippen LogP contribution is 2.54. The molecular weight excluding hydrogens is 973 g/mol. The molecule has 12 nitrogen and oxygen atoms in total. The molecule has 0 aromatic heterocycles. The number of carbonyl (C=O) groups excluding carboxylic acids is 4. The molecule has 2 aliphatic heterocycles. The fraction of sp³-hybridized carbons (Fsp3) is 0.233. The highest BCUT2D eigenvalue weighted by atomic mass is 32.2. The second-order valence-electron chi connectivity index (χ2n) is 20.4. The van der Waals surface area contributed by atoms with E-state index in [1.807, 2.05) is 91.8 Å². The van der Waals surface area contributed by atoms with Gasteiger partial charge in [0.05, 0.1) is 32.2 Å². The molecule has 7 aromatic rings. The van der Waals surface area contributed by atoms with Crippen LogP contribution in [-0.4, -0.2) is 50.2 Å². The van der Waals surface area contributed by atoms with Crippen molar-refractivity contribution in [2.75, 3.05) is 9.80 Å². The molecule has 0 saturated carbocycles. The van der Waals surface area contributed by atoms with Crippen LogP contribution in [0.5, 0.6) is 11.5 Å². The largest absolute Gasteiger partial charge is 0.457 e. The van der Waals surface area contributed by atoms with Crippen molar-refractivity contribution in [3.63, 3.8) is 0 Å². The molecule has 0 bridgehead atoms. The summed E-state index contributed by atoms with van der Waals surface area (Å²) in [4.78, 5) is 64.7. The van der Waals surface area contributed by atoms with Gasteiger partial charge in [0.25, 0.3) is 23.6 Å². The number of imide groups is 2. The predicted molar refractivity (Wildman–Crippen MR) is 292 cm³/mol. The number of hydrogen-bond acceptors (Lipinski definition) is 10. The van der Waals surface area contributed by atoms with Gasteiger partial charge in [0, 0.05) is 56.3 Å². The van der Waals surface area contributed by atoms with Gasteiger partial charge in [-0.15, -0.1) is 0 Å². The second kappa shape index (κ2) is 17.9. The Labute approximate surface area is 430 Å². The van der Waals surface area contributed by atoms with Crippen LogP contribution in [0.15, 0.2) is 121 Å². The molecule has 2 heterocycles. The van der Waals surface area contributed by atoms with Gasteiger partial charge in [0.2, 0.25) is 20.6 Å². The number of amides is 4. The summed E-state index contributed by atoms with van der Waals surface area (Å²) in [7, 11) is -4.93. The Bertz CT molecular complexity index is 3850. The van der Waals surface area contributed by atoms with E-state index in [1.165, 1.54) is 22.0 Å². The summed E-state index contributed by atoms with van der Waals surface area (Å²) in [5, 5.41) is 3.70. The van der Waals surface area contributed by atoms with Crippen molar-refractivity contribution in [3.05, 3.63) is 165 Å². The Hall–Kier alpha value is -7.94. The number of benzene rings is 7. The van der Waals surface area contributed by atoms with E-state index in [-0.39, 0.29) is 80.0 Å². The summed E-state index contributed by atoms with van der Waals surface area (Å²) in [6.07, 6.45) is 9.38. The van der Waals surface area contributed by atoms with Gasteiger partial charge in [-0.2, -0.15) is 16.8 Å². The van der Waals surface area contributed by atoms with Crippen LogP contribution in [0.3, 0.4) is 0 Å². The zero-order chi connectivity index (χ0) is 52.3. The third-order valence-electron chi connectivity index (χ3n) is 14.7. The molecule has 4 amide bonds. The van der Waals surface area contributed by atoms with Crippen molar-refractivity contribution in [1.82, 2.24) is 0 Å². The van der Waals surface area contributed by atoms with Crippen molar-refractivity contribution < 1.29 is 45.5 Å². The number of allylic oxidation sites excluding steroid dienone is 6. The van der Waals surface area contributed by atoms with E-state index < -0.39 is 44.2 Å². The maximum Gasteiger partial charge on any atom is 0.266 e. The van der Waals surface area contributed by atoms with Crippen LogP contribution in [0, 0.1) is 0 Å². The summed E-state index contributed by atoms with van der Waals surface area (Å²) in [5.74, 6) is -1.35. The number of rotatable bonds is 10. The third-order valence-corrected chi connectivity index (χ3v) is 16.1. The van der Waals surface area contributed by atoms with E-state index in [1.54, 1.807) is 60.7 Å². The molecule has 0 saturated heterocycles. The minimum Gasteiger partial charge on any atom is -0.457 e. The van der Waals surface area contributed by atoms with Gasteiger partial charge in [-0.3, -0.25) is 19.2 Å². The Morgan fingerprint density at radius 1 is 0.419 bits per heavy atom. The smallest absolute Gasteiger partial charge is 0.266 e. The molecule has 14 heteroatoms. The molecule has 0 fully saturated rings. The lowest BCUT2D eigenvalue weighted by molar-refractivity contribution is 0.0877. The molecule has 2 aliphatic carbocycles. The molecule has 0 atom stereocenters. The fourth-order valence-corrected chi connectivity index (χ4v) is 12.0. The molecule has 372 valence electrons. The highest BCUT2D eigenvalue weighted by molar-refractivity contribution is 7.73. The first-order valence-electron chi connectivity index (χ1n) is 24.7. The first-order valence-corrected chi connectivity index (χ1v) is 26.9. The Kier molecular flexibility index (Phi) is 11.7. The Morgan fingerprint density at radius 2 is 0.757 bits per heavy atom. The summed E-state index contributed by atoms with van der Waals surface area (Å²) in [5.41, 5.74) is 5.26. The van der Waals surface area contributed by atoms with E-state index in [0.717, 1.165) is 22.3 Å². The predicted octanol–water partition coefficient (Wildman–Crippen LogP) is 12.4. The zero-order valence-electron chi connectivity index (χ0n) is 41.9. The lowest BCUT2D eigenvalue weighted by Gasteiger charge is -2.34. The van der Waals surface area contributed by atoms with Gasteiger partial charge in [-0.05, 0) is 117 Å². The third kappa shape index (κ3) is 7.36. The van der Waals surface area contributed by atoms with E-state index in [2.05, 4.69) is 0 Å². The van der Waals surface area contributed by atoms with Gasteiger partial charge in [0.1, 0.15) is 23.0 Å². The monoisotopic (exact) mass is 1020 g/mol. The number of para-hydroxylation sites is 2. The number of ether oxygens (including phenoxy) is 2. The number of nitrogens with zero attached hydrogens (tertiary/aromatic N) is 2. The SMILES string of the molecule is CC(C)c1cccc(C(C)C)c1N1C(=O)c2ccc3c4c(OC5=CCC(=S(=O)=O)C=C5)cc5c6c(ccc(c7c(OC8=CCC(=S(=O)=O)C=C8)cc(c2c37)C1=O)c64)C(=O)N(c1c(C(C)C)cccc1C(C)C)C5=O. The molecular formula is C60H50N2O10S2. The van der Waals surface area contributed by atoms with Crippen molar-refractivity contribution in [1.29, 1.82) is 0 Å². The van der Waals surface area contributed by atoms with E-state index in [9.17, 15) is 16.8 Å². The van der Waals surface area contributed by atoms with Crippen molar-refractivity contribution in [2.45, 2.75) is 91.9 Å². The lowest BCUT2D eigenvalue weighted by Crippen LogP contribution is -2.42. The molecule has 74 heavy (non-hydrogen) atoms. The number of carbonyl (C=O) groups is 4. The average Bonchev–Trinajstić information content (AvgIpc) is 3.37. The maximum atomic E-state index is 15.6. The van der Waals surface area contributed by atoms with Gasteiger partial charge < -0.3 is 9.47 Å². The Morgan fingerprint density at radius 3 is 1.05 bits per heavy atom. The van der Waals surface area contributed by atoms with E-state index in [0.29, 0.717) is 66.0 Å². The molecule has 11 rings (SSSR count). The lowest BCUT2D eigenvalue weighted by atomic mass is 9.80. The fourth-order valence-electron chi connectivity index (χ4n) is 11.2. The normalized spacial score (nSPS) is 15.7. The van der Waals surface area contributed by atoms with Crippen LogP contribution in [0.1, 0.15) is 156 Å². The number of fused-ring (bicyclic) bond motifs is 2. The number of anilines is 2. The molecule has 0 N–H and O–H groups in total. The van der Waals surface area contributed by atoms with Crippen LogP contribution < -0.4 is 19.3 Å². The average molecular weight is 1020 g/mol. The van der Waals surface area contributed by atoms with Crippen molar-refractivity contribution >= 4 is 108 Å². The van der Waals surface area contributed by atoms with Crippen LogP contribution in [0.2, 0.25) is 0 Å². The van der Waals surface area contributed by atoms with Gasteiger partial charge in [0.15, 0.2) is 0 Å². The minimum atomic E-state index is -2.46. The second-order valence-corrected chi connectivity index (χ2v) is 22.4. The summed E-state index contributed by atoms with van der Waals surface area (Å²) >= 11 is 0. The summed E-state index contributed by atoms with van der Waals surface area (Å²) < 4.78 is 61.6. The molecule has 0 radical (unpaired) electrons. The van der Waals surface area contributed by atoms with Crippen LogP contribution in [0.25, 0.3) is 43.1 Å². The first kappa shape index (κ1) is 48.3. The molecule has 4 aliphatic rings. The molecule has 0 spiro atoms. The minimum absolute atomic E-state index is 0.0532. The topological polar surface area (TPSA) is 161 Å². The van der Waals surface area contributed by atoms with Crippen LogP contribution in [0.4, 0.5) is 11.4 Å². The van der Waals surface area contributed by atoms with E-state index in [4.69, 9.17) is 9.47 Å². The summed E-state index contributed by atoms with van der Waals surface area (Å²) in [6, 6.07) is 21.9.